The number of hydrogen-bond acceptors (Lipinski definition) is 7. The molecule has 180 valence electrons. The lowest BCUT2D eigenvalue weighted by Crippen LogP contribution is -2.51. The standard InChI is InChI=1S/C25H30N4O5/c1-32-19-9-7-18(8-10-19)29-13-11-28(12-14-29)16-21-22(24(30)34-3)23(27-25(31)26-21)17-5-4-6-20(15-17)33-2/h4-10,15,23H,11-14,16H2,1-3H3,(H2,26,27,31)/t23-/m0/s1. The Morgan fingerprint density at radius 2 is 1.68 bits per heavy atom. The number of nitrogens with one attached hydrogen (secondary N) is 2. The van der Waals surface area contributed by atoms with Crippen LogP contribution in [0.4, 0.5) is 10.5 Å². The average molecular weight is 467 g/mol. The van der Waals surface area contributed by atoms with E-state index in [0.29, 0.717) is 23.6 Å². The molecule has 0 radical (unpaired) electrons. The third-order valence-electron chi connectivity index (χ3n) is 6.18. The molecule has 34 heavy (non-hydrogen) atoms. The van der Waals surface area contributed by atoms with Crippen LogP contribution in [-0.4, -0.2) is 71.0 Å². The zero-order valence-electron chi connectivity index (χ0n) is 19.7. The Labute approximate surface area is 199 Å². The van der Waals surface area contributed by atoms with E-state index >= 15 is 0 Å². The van der Waals surface area contributed by atoms with E-state index in [0.717, 1.165) is 43.2 Å². The number of esters is 1. The molecule has 0 spiro atoms. The normalized spacial score (nSPS) is 18.7. The van der Waals surface area contributed by atoms with E-state index in [1.807, 2.05) is 36.4 Å². The van der Waals surface area contributed by atoms with E-state index in [9.17, 15) is 9.59 Å². The monoisotopic (exact) mass is 466 g/mol. The van der Waals surface area contributed by atoms with Crippen molar-refractivity contribution in [3.8, 4) is 11.5 Å². The number of anilines is 1. The summed E-state index contributed by atoms with van der Waals surface area (Å²) in [4.78, 5) is 29.9. The minimum absolute atomic E-state index is 0.354. The fourth-order valence-corrected chi connectivity index (χ4v) is 4.35. The second-order valence-corrected chi connectivity index (χ2v) is 8.15. The Balaban J connectivity index is 1.52. The van der Waals surface area contributed by atoms with Crippen molar-refractivity contribution < 1.29 is 23.8 Å². The Morgan fingerprint density at radius 3 is 2.32 bits per heavy atom. The maximum atomic E-state index is 12.8. The Morgan fingerprint density at radius 1 is 0.971 bits per heavy atom. The van der Waals surface area contributed by atoms with Crippen LogP contribution in [0.25, 0.3) is 0 Å². The molecule has 2 aliphatic heterocycles. The highest BCUT2D eigenvalue weighted by Gasteiger charge is 2.34. The van der Waals surface area contributed by atoms with Gasteiger partial charge in [0.25, 0.3) is 0 Å². The van der Waals surface area contributed by atoms with Crippen LogP contribution in [0, 0.1) is 0 Å². The van der Waals surface area contributed by atoms with Crippen molar-refractivity contribution in [1.29, 1.82) is 0 Å². The van der Waals surface area contributed by atoms with Crippen LogP contribution in [0.1, 0.15) is 11.6 Å². The first-order valence-corrected chi connectivity index (χ1v) is 11.2. The smallest absolute Gasteiger partial charge is 0.338 e. The highest BCUT2D eigenvalue weighted by molar-refractivity contribution is 5.95. The molecule has 2 aromatic rings. The van der Waals surface area contributed by atoms with Gasteiger partial charge in [-0.05, 0) is 42.0 Å². The summed E-state index contributed by atoms with van der Waals surface area (Å²) in [6, 6.07) is 14.3. The van der Waals surface area contributed by atoms with Gasteiger partial charge in [-0.3, -0.25) is 4.90 Å². The van der Waals surface area contributed by atoms with Gasteiger partial charge in [0.2, 0.25) is 0 Å². The van der Waals surface area contributed by atoms with Crippen molar-refractivity contribution >= 4 is 17.7 Å². The zero-order valence-corrected chi connectivity index (χ0v) is 19.7. The van der Waals surface area contributed by atoms with Crippen LogP contribution in [0.15, 0.2) is 59.8 Å². The number of nitrogens with zero attached hydrogens (tertiary/aromatic N) is 2. The molecule has 2 aromatic carbocycles. The van der Waals surface area contributed by atoms with Crippen molar-refractivity contribution in [1.82, 2.24) is 15.5 Å². The van der Waals surface area contributed by atoms with Gasteiger partial charge in [0.1, 0.15) is 11.5 Å². The third-order valence-corrected chi connectivity index (χ3v) is 6.18. The molecule has 0 aromatic heterocycles. The van der Waals surface area contributed by atoms with Crippen LogP contribution < -0.4 is 25.0 Å². The van der Waals surface area contributed by atoms with Gasteiger partial charge in [0.15, 0.2) is 0 Å². The maximum absolute atomic E-state index is 12.8. The zero-order chi connectivity index (χ0) is 24.1. The molecule has 2 heterocycles. The van der Waals surface area contributed by atoms with E-state index in [-0.39, 0.29) is 6.03 Å². The SMILES string of the molecule is COC(=O)C1=C(CN2CCN(c3ccc(OC)cc3)CC2)NC(=O)N[C@H]1c1cccc(OC)c1. The van der Waals surface area contributed by atoms with Crippen LogP contribution in [-0.2, 0) is 9.53 Å². The summed E-state index contributed by atoms with van der Waals surface area (Å²) in [5.74, 6) is 0.995. The topological polar surface area (TPSA) is 92.4 Å². The molecule has 9 heteroatoms. The number of benzene rings is 2. The average Bonchev–Trinajstić information content (AvgIpc) is 2.88. The van der Waals surface area contributed by atoms with Gasteiger partial charge in [-0.25, -0.2) is 9.59 Å². The van der Waals surface area contributed by atoms with Crippen molar-refractivity contribution in [3.05, 3.63) is 65.4 Å². The Kier molecular flexibility index (Phi) is 7.22. The second-order valence-electron chi connectivity index (χ2n) is 8.15. The highest BCUT2D eigenvalue weighted by Crippen LogP contribution is 2.30. The minimum atomic E-state index is -0.633. The van der Waals surface area contributed by atoms with Crippen molar-refractivity contribution in [3.63, 3.8) is 0 Å². The summed E-state index contributed by atoms with van der Waals surface area (Å²) in [6.07, 6.45) is 0. The molecular weight excluding hydrogens is 436 g/mol. The number of urea groups is 1. The molecule has 0 unspecified atom stereocenters. The predicted octanol–water partition coefficient (Wildman–Crippen LogP) is 2.31. The van der Waals surface area contributed by atoms with Crippen LogP contribution in [0.2, 0.25) is 0 Å². The summed E-state index contributed by atoms with van der Waals surface area (Å²) in [5.41, 5.74) is 2.84. The lowest BCUT2D eigenvalue weighted by Gasteiger charge is -2.38. The summed E-state index contributed by atoms with van der Waals surface area (Å²) in [6.45, 7) is 3.68. The van der Waals surface area contributed by atoms with Crippen molar-refractivity contribution in [2.75, 3.05) is 59.0 Å². The van der Waals surface area contributed by atoms with E-state index < -0.39 is 12.0 Å². The lowest BCUT2D eigenvalue weighted by atomic mass is 9.94. The predicted molar refractivity (Wildman–Crippen MR) is 128 cm³/mol. The van der Waals surface area contributed by atoms with Crippen LogP contribution in [0.3, 0.4) is 0 Å². The molecule has 0 bridgehead atoms. The molecular formula is C25H30N4O5. The van der Waals surface area contributed by atoms with Gasteiger partial charge in [-0.1, -0.05) is 12.1 Å². The molecule has 1 atom stereocenters. The van der Waals surface area contributed by atoms with Crippen LogP contribution in [0.5, 0.6) is 11.5 Å². The summed E-state index contributed by atoms with van der Waals surface area (Å²) in [5, 5.41) is 5.69. The summed E-state index contributed by atoms with van der Waals surface area (Å²) < 4.78 is 15.7. The number of amides is 2. The second kappa shape index (κ2) is 10.5. The first-order valence-electron chi connectivity index (χ1n) is 11.2. The fourth-order valence-electron chi connectivity index (χ4n) is 4.35. The number of rotatable bonds is 7. The van der Waals surface area contributed by atoms with Gasteiger partial charge < -0.3 is 29.7 Å². The number of ether oxygens (including phenoxy) is 3. The molecule has 1 saturated heterocycles. The molecule has 2 aliphatic rings. The first kappa shape index (κ1) is 23.4. The molecule has 1 fully saturated rings. The quantitative estimate of drug-likeness (QED) is 0.605. The van der Waals surface area contributed by atoms with Crippen molar-refractivity contribution in [2.45, 2.75) is 6.04 Å². The van der Waals surface area contributed by atoms with Crippen LogP contribution >= 0.6 is 0 Å². The van der Waals surface area contributed by atoms with E-state index in [1.54, 1.807) is 14.2 Å². The Bertz CT molecular complexity index is 1060. The molecule has 2 N–H and O–H groups in total. The van der Waals surface area contributed by atoms with E-state index in [1.165, 1.54) is 7.11 Å². The largest absolute Gasteiger partial charge is 0.497 e. The Hall–Kier alpha value is -3.72. The molecule has 2 amide bonds. The molecule has 9 nitrogen and oxygen atoms in total. The number of hydrogen-bond donors (Lipinski definition) is 2. The summed E-state index contributed by atoms with van der Waals surface area (Å²) >= 11 is 0. The number of carbonyl (C=O) groups excluding carboxylic acids is 2. The van der Waals surface area contributed by atoms with Gasteiger partial charge >= 0.3 is 12.0 Å². The van der Waals surface area contributed by atoms with E-state index in [4.69, 9.17) is 14.2 Å². The summed E-state index contributed by atoms with van der Waals surface area (Å²) in [7, 11) is 4.58. The maximum Gasteiger partial charge on any atom is 0.338 e. The van der Waals surface area contributed by atoms with Gasteiger partial charge in [-0.2, -0.15) is 0 Å². The van der Waals surface area contributed by atoms with Gasteiger partial charge in [0, 0.05) is 44.1 Å². The fraction of sp³-hybridized carbons (Fsp3) is 0.360. The van der Waals surface area contributed by atoms with Gasteiger partial charge in [0.05, 0.1) is 32.9 Å². The first-order chi connectivity index (χ1) is 16.5. The van der Waals surface area contributed by atoms with Crippen molar-refractivity contribution in [2.24, 2.45) is 0 Å². The lowest BCUT2D eigenvalue weighted by molar-refractivity contribution is -0.136. The molecule has 4 rings (SSSR count). The highest BCUT2D eigenvalue weighted by atomic mass is 16.5. The third kappa shape index (κ3) is 5.09. The number of methoxy groups -OCH3 is 3. The number of piperazine rings is 1. The minimum Gasteiger partial charge on any atom is -0.497 e. The number of carbonyl (C=O) groups is 2. The molecule has 0 saturated carbocycles. The van der Waals surface area contributed by atoms with E-state index in [2.05, 4.69) is 32.6 Å². The molecule has 0 aliphatic carbocycles. The van der Waals surface area contributed by atoms with Gasteiger partial charge in [-0.15, -0.1) is 0 Å².